The van der Waals surface area contributed by atoms with E-state index >= 15 is 0 Å². The maximum atomic E-state index is 9.71. The Hall–Kier alpha value is -0.150. The largest absolute Gasteiger partial charge is 0.390 e. The van der Waals surface area contributed by atoms with Crippen LogP contribution in [0.5, 0.6) is 0 Å². The fraction of sp³-hybridized carbons (Fsp3) is 1.00. The van der Waals surface area contributed by atoms with E-state index in [1.54, 1.807) is 0 Å². The summed E-state index contributed by atoms with van der Waals surface area (Å²) in [4.78, 5) is 0. The molecule has 0 amide bonds. The summed E-state index contributed by atoms with van der Waals surface area (Å²) in [5.41, 5.74) is -0.0243. The molecule has 1 saturated carbocycles. The zero-order chi connectivity index (χ0) is 9.24. The summed E-state index contributed by atoms with van der Waals surface area (Å²) in [6, 6.07) is 0. The van der Waals surface area contributed by atoms with E-state index in [9.17, 15) is 9.50 Å². The zero-order valence-corrected chi connectivity index (χ0v) is 7.86. The predicted octanol–water partition coefficient (Wildman–Crippen LogP) is 1.24. The van der Waals surface area contributed by atoms with Crippen LogP contribution in [0.25, 0.3) is 0 Å². The maximum Gasteiger partial charge on any atom is 0.0785 e. The number of hydrogen-bond acceptors (Lipinski definition) is 2. The summed E-state index contributed by atoms with van der Waals surface area (Å²) < 4.78 is 9.50. The van der Waals surface area contributed by atoms with Crippen molar-refractivity contribution in [1.29, 1.82) is 0 Å². The van der Waals surface area contributed by atoms with Gasteiger partial charge in [-0.25, -0.2) is 0 Å². The normalized spacial score (nSPS) is 37.0. The SMILES string of the molecule is CC1(O)CCNC2(CC2)C1.CF. The second-order valence-corrected chi connectivity index (χ2v) is 4.13. The average molecular weight is 175 g/mol. The predicted molar refractivity (Wildman–Crippen MR) is 46.9 cm³/mol. The second-order valence-electron chi connectivity index (χ2n) is 4.13. The molecule has 0 aromatic rings. The van der Waals surface area contributed by atoms with Gasteiger partial charge in [0.2, 0.25) is 0 Å². The van der Waals surface area contributed by atoms with Gasteiger partial charge in [0, 0.05) is 5.54 Å². The van der Waals surface area contributed by atoms with E-state index in [0.717, 1.165) is 19.4 Å². The van der Waals surface area contributed by atoms with E-state index < -0.39 is 0 Å². The molecule has 0 radical (unpaired) electrons. The fourth-order valence-corrected chi connectivity index (χ4v) is 1.98. The van der Waals surface area contributed by atoms with Crippen LogP contribution < -0.4 is 5.32 Å². The van der Waals surface area contributed by atoms with Gasteiger partial charge in [-0.3, -0.25) is 4.39 Å². The smallest absolute Gasteiger partial charge is 0.0785 e. The third-order valence-corrected chi connectivity index (χ3v) is 2.74. The number of nitrogens with one attached hydrogen (secondary N) is 1. The number of halogens is 1. The Morgan fingerprint density at radius 3 is 2.17 bits per heavy atom. The molecule has 0 aromatic heterocycles. The average Bonchev–Trinajstić information content (AvgIpc) is 2.71. The van der Waals surface area contributed by atoms with E-state index in [-0.39, 0.29) is 5.60 Å². The molecule has 1 aliphatic carbocycles. The van der Waals surface area contributed by atoms with Gasteiger partial charge in [-0.2, -0.15) is 0 Å². The molecule has 1 atom stereocenters. The molecule has 2 aliphatic rings. The number of rotatable bonds is 0. The molecular formula is C9H18FNO. The van der Waals surface area contributed by atoms with Gasteiger partial charge in [0.25, 0.3) is 0 Å². The van der Waals surface area contributed by atoms with Crippen molar-refractivity contribution in [3.05, 3.63) is 0 Å². The molecule has 0 bridgehead atoms. The van der Waals surface area contributed by atoms with Crippen LogP contribution in [0, 0.1) is 0 Å². The van der Waals surface area contributed by atoms with Crippen molar-refractivity contribution in [2.24, 2.45) is 0 Å². The molecule has 1 heterocycles. The highest BCUT2D eigenvalue weighted by molar-refractivity contribution is 5.08. The Bertz CT molecular complexity index is 151. The summed E-state index contributed by atoms with van der Waals surface area (Å²) >= 11 is 0. The number of aliphatic hydroxyl groups is 1. The lowest BCUT2D eigenvalue weighted by Crippen LogP contribution is -2.48. The first-order valence-corrected chi connectivity index (χ1v) is 4.47. The molecular weight excluding hydrogens is 157 g/mol. The van der Waals surface area contributed by atoms with Crippen molar-refractivity contribution in [1.82, 2.24) is 5.32 Å². The molecule has 0 aromatic carbocycles. The third kappa shape index (κ3) is 2.17. The Labute approximate surface area is 73.2 Å². The fourth-order valence-electron chi connectivity index (χ4n) is 1.98. The first kappa shape index (κ1) is 9.93. The van der Waals surface area contributed by atoms with Gasteiger partial charge in [-0.15, -0.1) is 0 Å². The molecule has 2 nitrogen and oxygen atoms in total. The highest BCUT2D eigenvalue weighted by atomic mass is 19.1. The minimum atomic E-state index is -0.387. The van der Waals surface area contributed by atoms with Crippen LogP contribution in [-0.2, 0) is 0 Å². The minimum absolute atomic E-state index is 0.363. The van der Waals surface area contributed by atoms with Gasteiger partial charge in [-0.05, 0) is 39.2 Å². The van der Waals surface area contributed by atoms with E-state index in [1.807, 2.05) is 6.92 Å². The van der Waals surface area contributed by atoms with Crippen LogP contribution in [-0.4, -0.2) is 30.0 Å². The molecule has 1 spiro atoms. The van der Waals surface area contributed by atoms with Crippen molar-refractivity contribution in [3.63, 3.8) is 0 Å². The Morgan fingerprint density at radius 2 is 1.83 bits per heavy atom. The highest BCUT2D eigenvalue weighted by Crippen LogP contribution is 2.45. The van der Waals surface area contributed by atoms with Gasteiger partial charge in [0.1, 0.15) is 0 Å². The second kappa shape index (κ2) is 3.30. The molecule has 2 rings (SSSR count). The van der Waals surface area contributed by atoms with Gasteiger partial charge in [0.05, 0.1) is 12.8 Å². The Morgan fingerprint density at radius 1 is 1.25 bits per heavy atom. The van der Waals surface area contributed by atoms with E-state index in [0.29, 0.717) is 12.7 Å². The zero-order valence-electron chi connectivity index (χ0n) is 7.86. The van der Waals surface area contributed by atoms with Crippen LogP contribution >= 0.6 is 0 Å². The number of piperidine rings is 1. The number of hydrogen-bond donors (Lipinski definition) is 2. The molecule has 2 fully saturated rings. The summed E-state index contributed by atoms with van der Waals surface area (Å²) in [5.74, 6) is 0. The molecule has 1 saturated heterocycles. The van der Waals surface area contributed by atoms with Crippen LogP contribution in [0.15, 0.2) is 0 Å². The molecule has 12 heavy (non-hydrogen) atoms. The van der Waals surface area contributed by atoms with Gasteiger partial charge in [0.15, 0.2) is 0 Å². The van der Waals surface area contributed by atoms with Crippen LogP contribution in [0.4, 0.5) is 4.39 Å². The summed E-state index contributed by atoms with van der Waals surface area (Å²) in [7, 11) is 0.500. The summed E-state index contributed by atoms with van der Waals surface area (Å²) in [6.45, 7) is 2.95. The van der Waals surface area contributed by atoms with E-state index in [1.165, 1.54) is 12.8 Å². The van der Waals surface area contributed by atoms with Crippen molar-refractivity contribution in [2.75, 3.05) is 13.7 Å². The van der Waals surface area contributed by atoms with E-state index in [2.05, 4.69) is 5.32 Å². The summed E-state index contributed by atoms with van der Waals surface area (Å²) in [5, 5.41) is 13.2. The van der Waals surface area contributed by atoms with Gasteiger partial charge < -0.3 is 10.4 Å². The van der Waals surface area contributed by atoms with Gasteiger partial charge in [-0.1, -0.05) is 0 Å². The van der Waals surface area contributed by atoms with Crippen LogP contribution in [0.3, 0.4) is 0 Å². The topological polar surface area (TPSA) is 32.3 Å². The lowest BCUT2D eigenvalue weighted by molar-refractivity contribution is 0.00883. The molecule has 1 unspecified atom stereocenters. The van der Waals surface area contributed by atoms with Crippen molar-refractivity contribution in [2.45, 2.75) is 43.7 Å². The van der Waals surface area contributed by atoms with Crippen molar-refractivity contribution >= 4 is 0 Å². The number of alkyl halides is 1. The minimum Gasteiger partial charge on any atom is -0.390 e. The quantitative estimate of drug-likeness (QED) is 0.580. The van der Waals surface area contributed by atoms with Crippen LogP contribution in [0.2, 0.25) is 0 Å². The first-order valence-electron chi connectivity index (χ1n) is 4.47. The highest BCUT2D eigenvalue weighted by Gasteiger charge is 2.49. The molecule has 3 heteroatoms. The molecule has 72 valence electrons. The lowest BCUT2D eigenvalue weighted by atomic mass is 9.88. The standard InChI is InChI=1S/C8H15NO.CH3F/c1-7(10)4-5-9-8(6-7)2-3-8;1-2/h9-10H,2-6H2,1H3;1H3. The lowest BCUT2D eigenvalue weighted by Gasteiger charge is -2.35. The third-order valence-electron chi connectivity index (χ3n) is 2.74. The molecule has 2 N–H and O–H groups in total. The first-order chi connectivity index (χ1) is 5.62. The monoisotopic (exact) mass is 175 g/mol. The van der Waals surface area contributed by atoms with Crippen molar-refractivity contribution < 1.29 is 9.50 Å². The Balaban J connectivity index is 0.000000336. The summed E-state index contributed by atoms with van der Waals surface area (Å²) in [6.07, 6.45) is 4.40. The Kier molecular flexibility index (Phi) is 2.74. The molecule has 1 aliphatic heterocycles. The van der Waals surface area contributed by atoms with Crippen molar-refractivity contribution in [3.8, 4) is 0 Å². The van der Waals surface area contributed by atoms with Gasteiger partial charge >= 0.3 is 0 Å². The van der Waals surface area contributed by atoms with Crippen LogP contribution in [0.1, 0.15) is 32.6 Å². The maximum absolute atomic E-state index is 9.71. The van der Waals surface area contributed by atoms with E-state index in [4.69, 9.17) is 0 Å².